The Labute approximate surface area is 155 Å². The van der Waals surface area contributed by atoms with Crippen LogP contribution in [-0.4, -0.2) is 16.1 Å². The number of nitrogens with one attached hydrogen (secondary N) is 1. The van der Waals surface area contributed by atoms with Crippen molar-refractivity contribution >= 4 is 6.09 Å². The first-order chi connectivity index (χ1) is 13.2. The zero-order valence-electron chi connectivity index (χ0n) is 14.1. The van der Waals surface area contributed by atoms with Gasteiger partial charge in [-0.25, -0.2) is 9.18 Å². The number of halogens is 1. The van der Waals surface area contributed by atoms with E-state index in [0.29, 0.717) is 11.1 Å². The van der Waals surface area contributed by atoms with Gasteiger partial charge in [0.05, 0.1) is 0 Å². The summed E-state index contributed by atoms with van der Waals surface area (Å²) in [6.45, 7) is 0. The van der Waals surface area contributed by atoms with E-state index in [1.807, 2.05) is 18.2 Å². The Morgan fingerprint density at radius 2 is 1.67 bits per heavy atom. The molecule has 132 valence electrons. The minimum absolute atomic E-state index is 0.345. The molecule has 1 N–H and O–H groups in total. The third-order valence-electron chi connectivity index (χ3n) is 4.16. The van der Waals surface area contributed by atoms with Gasteiger partial charge in [-0.3, -0.25) is 9.97 Å². The standard InChI is InChI=1S/C21H14FN3O2/c22-18-5-3-16(4-6-18)20-19(25-21(26)27-20)17-11-15(12-24-13-17)2-1-14-7-9-23-10-8-14/h3-13,19-20H,(H,25,26)/t19-,20-/m1/s1. The lowest BCUT2D eigenvalue weighted by atomic mass is 9.97. The average molecular weight is 359 g/mol. The lowest BCUT2D eigenvalue weighted by Crippen LogP contribution is -2.19. The molecule has 0 saturated carbocycles. The number of benzene rings is 1. The van der Waals surface area contributed by atoms with E-state index in [2.05, 4.69) is 27.1 Å². The molecular formula is C21H14FN3O2. The zero-order valence-corrected chi connectivity index (χ0v) is 14.1. The molecule has 0 unspecified atom stereocenters. The molecule has 0 bridgehead atoms. The number of nitrogens with zero attached hydrogens (tertiary/aromatic N) is 2. The SMILES string of the molecule is O=C1N[C@H](c2cncc(C#Cc3ccncc3)c2)[C@@H](c2ccc(F)cc2)O1. The van der Waals surface area contributed by atoms with Crippen LogP contribution in [0.4, 0.5) is 9.18 Å². The van der Waals surface area contributed by atoms with Gasteiger partial charge in [-0.2, -0.15) is 0 Å². The second kappa shape index (κ2) is 7.26. The third-order valence-corrected chi connectivity index (χ3v) is 4.16. The van der Waals surface area contributed by atoms with Crippen molar-refractivity contribution in [3.63, 3.8) is 0 Å². The summed E-state index contributed by atoms with van der Waals surface area (Å²) >= 11 is 0. The topological polar surface area (TPSA) is 64.1 Å². The van der Waals surface area contributed by atoms with Crippen molar-refractivity contribution in [2.75, 3.05) is 0 Å². The van der Waals surface area contributed by atoms with Crippen molar-refractivity contribution in [2.45, 2.75) is 12.1 Å². The molecule has 5 nitrogen and oxygen atoms in total. The smallest absolute Gasteiger partial charge is 0.408 e. The Kier molecular flexibility index (Phi) is 4.50. The van der Waals surface area contributed by atoms with Gasteiger partial charge in [0.15, 0.2) is 6.10 Å². The lowest BCUT2D eigenvalue weighted by molar-refractivity contribution is 0.132. The summed E-state index contributed by atoms with van der Waals surface area (Å²) in [7, 11) is 0. The number of amides is 1. The summed E-state index contributed by atoms with van der Waals surface area (Å²) < 4.78 is 18.6. The van der Waals surface area contributed by atoms with E-state index in [1.54, 1.807) is 36.9 Å². The summed E-state index contributed by atoms with van der Waals surface area (Å²) in [6.07, 6.45) is 5.58. The number of carbonyl (C=O) groups is 1. The van der Waals surface area contributed by atoms with Gasteiger partial charge in [0.1, 0.15) is 11.9 Å². The van der Waals surface area contributed by atoms with Crippen LogP contribution >= 0.6 is 0 Å². The van der Waals surface area contributed by atoms with E-state index >= 15 is 0 Å². The highest BCUT2D eigenvalue weighted by Crippen LogP contribution is 2.36. The van der Waals surface area contributed by atoms with Crippen LogP contribution in [0.1, 0.15) is 34.4 Å². The van der Waals surface area contributed by atoms with E-state index < -0.39 is 18.2 Å². The largest absolute Gasteiger partial charge is 0.439 e. The number of pyridine rings is 2. The summed E-state index contributed by atoms with van der Waals surface area (Å²) in [6, 6.07) is 11.0. The van der Waals surface area contributed by atoms with E-state index in [9.17, 15) is 9.18 Å². The van der Waals surface area contributed by atoms with Crippen molar-refractivity contribution in [3.8, 4) is 11.8 Å². The molecule has 1 fully saturated rings. The first kappa shape index (κ1) is 16.7. The van der Waals surface area contributed by atoms with Crippen LogP contribution in [0.15, 0.2) is 67.3 Å². The monoisotopic (exact) mass is 359 g/mol. The second-order valence-electron chi connectivity index (χ2n) is 5.99. The van der Waals surface area contributed by atoms with E-state index in [0.717, 1.165) is 11.1 Å². The lowest BCUT2D eigenvalue weighted by Gasteiger charge is -2.17. The normalized spacial score (nSPS) is 18.2. The maximum Gasteiger partial charge on any atom is 0.408 e. The number of rotatable bonds is 2. The van der Waals surface area contributed by atoms with Gasteiger partial charge in [0.2, 0.25) is 0 Å². The van der Waals surface area contributed by atoms with Gasteiger partial charge in [0, 0.05) is 35.9 Å². The Morgan fingerprint density at radius 3 is 2.44 bits per heavy atom. The molecule has 3 aromatic rings. The highest BCUT2D eigenvalue weighted by Gasteiger charge is 2.36. The minimum atomic E-state index is -0.566. The number of hydrogen-bond donors (Lipinski definition) is 1. The molecular weight excluding hydrogens is 345 g/mol. The highest BCUT2D eigenvalue weighted by atomic mass is 19.1. The average Bonchev–Trinajstić information content (AvgIpc) is 3.10. The maximum atomic E-state index is 13.2. The molecule has 6 heteroatoms. The Balaban J connectivity index is 1.63. The number of ether oxygens (including phenoxy) is 1. The summed E-state index contributed by atoms with van der Waals surface area (Å²) in [4.78, 5) is 20.0. The molecule has 3 heterocycles. The Hall–Kier alpha value is -3.72. The molecule has 2 atom stereocenters. The fourth-order valence-corrected chi connectivity index (χ4v) is 2.87. The predicted molar refractivity (Wildman–Crippen MR) is 96.0 cm³/mol. The van der Waals surface area contributed by atoms with Gasteiger partial charge < -0.3 is 10.1 Å². The van der Waals surface area contributed by atoms with Crippen LogP contribution in [0.3, 0.4) is 0 Å². The number of hydrogen-bond acceptors (Lipinski definition) is 4. The van der Waals surface area contributed by atoms with Crippen LogP contribution in [-0.2, 0) is 4.74 Å². The number of carbonyl (C=O) groups excluding carboxylic acids is 1. The van der Waals surface area contributed by atoms with E-state index in [-0.39, 0.29) is 5.82 Å². The summed E-state index contributed by atoms with van der Waals surface area (Å²) in [5.41, 5.74) is 3.02. The van der Waals surface area contributed by atoms with Crippen LogP contribution < -0.4 is 5.32 Å². The number of aromatic nitrogens is 2. The quantitative estimate of drug-likeness (QED) is 0.711. The second-order valence-corrected chi connectivity index (χ2v) is 5.99. The van der Waals surface area contributed by atoms with Crippen molar-refractivity contribution < 1.29 is 13.9 Å². The predicted octanol–water partition coefficient (Wildman–Crippen LogP) is 3.54. The molecule has 0 radical (unpaired) electrons. The maximum absolute atomic E-state index is 13.2. The van der Waals surface area contributed by atoms with Crippen LogP contribution in [0.5, 0.6) is 0 Å². The van der Waals surface area contributed by atoms with Gasteiger partial charge in [-0.1, -0.05) is 24.0 Å². The minimum Gasteiger partial charge on any atom is -0.439 e. The van der Waals surface area contributed by atoms with Gasteiger partial charge >= 0.3 is 6.09 Å². The van der Waals surface area contributed by atoms with Crippen LogP contribution in [0, 0.1) is 17.7 Å². The molecule has 1 aliphatic rings. The summed E-state index contributed by atoms with van der Waals surface area (Å²) in [5, 5.41) is 2.78. The molecule has 2 aromatic heterocycles. The Bertz CT molecular complexity index is 1030. The summed E-state index contributed by atoms with van der Waals surface area (Å²) in [5.74, 6) is 5.76. The fourth-order valence-electron chi connectivity index (χ4n) is 2.87. The van der Waals surface area contributed by atoms with Crippen LogP contribution in [0.25, 0.3) is 0 Å². The number of alkyl carbamates (subject to hydrolysis) is 1. The Morgan fingerprint density at radius 1 is 0.926 bits per heavy atom. The van der Waals surface area contributed by atoms with Crippen molar-refractivity contribution in [1.29, 1.82) is 0 Å². The number of cyclic esters (lactones) is 1. The van der Waals surface area contributed by atoms with Gasteiger partial charge in [0.25, 0.3) is 0 Å². The van der Waals surface area contributed by atoms with E-state index in [1.165, 1.54) is 12.1 Å². The highest BCUT2D eigenvalue weighted by molar-refractivity contribution is 5.71. The molecule has 0 spiro atoms. The first-order valence-electron chi connectivity index (χ1n) is 8.29. The van der Waals surface area contributed by atoms with E-state index in [4.69, 9.17) is 4.74 Å². The molecule has 0 aliphatic carbocycles. The van der Waals surface area contributed by atoms with Crippen molar-refractivity contribution in [1.82, 2.24) is 15.3 Å². The molecule has 4 rings (SSSR count). The third kappa shape index (κ3) is 3.77. The fraction of sp³-hybridized carbons (Fsp3) is 0.0952. The van der Waals surface area contributed by atoms with Crippen molar-refractivity contribution in [3.05, 3.63) is 95.3 Å². The molecule has 1 aliphatic heterocycles. The van der Waals surface area contributed by atoms with Crippen molar-refractivity contribution in [2.24, 2.45) is 0 Å². The van der Waals surface area contributed by atoms with Gasteiger partial charge in [-0.15, -0.1) is 0 Å². The zero-order chi connectivity index (χ0) is 18.6. The van der Waals surface area contributed by atoms with Crippen LogP contribution in [0.2, 0.25) is 0 Å². The molecule has 1 aromatic carbocycles. The first-order valence-corrected chi connectivity index (χ1v) is 8.29. The molecule has 27 heavy (non-hydrogen) atoms. The molecule has 1 amide bonds. The molecule has 1 saturated heterocycles. The van der Waals surface area contributed by atoms with Gasteiger partial charge in [-0.05, 0) is 41.5 Å².